The second kappa shape index (κ2) is 10.4. The molecule has 0 spiro atoms. The average molecular weight is 459 g/mol. The highest BCUT2D eigenvalue weighted by molar-refractivity contribution is 5.86. The fourth-order valence-corrected chi connectivity index (χ4v) is 4.47. The molecule has 0 aromatic heterocycles. The normalized spacial score (nSPS) is 13.9. The summed E-state index contributed by atoms with van der Waals surface area (Å²) in [6, 6.07) is 20.5. The molecule has 4 rings (SSSR count). The average Bonchev–Trinajstić information content (AvgIpc) is 3.20. The van der Waals surface area contributed by atoms with Crippen LogP contribution in [0.25, 0.3) is 11.1 Å². The molecule has 0 saturated heterocycles. The van der Waals surface area contributed by atoms with Gasteiger partial charge < -0.3 is 20.3 Å². The number of carbonyl (C=O) groups excluding carboxylic acids is 3. The van der Waals surface area contributed by atoms with Crippen LogP contribution in [0.1, 0.15) is 55.8 Å². The van der Waals surface area contributed by atoms with Crippen LogP contribution >= 0.6 is 0 Å². The van der Waals surface area contributed by atoms with Gasteiger partial charge in [-0.25, -0.2) is 4.79 Å². The maximum atomic E-state index is 12.3. The molecule has 3 aromatic rings. The van der Waals surface area contributed by atoms with Gasteiger partial charge in [-0.15, -0.1) is 0 Å². The summed E-state index contributed by atoms with van der Waals surface area (Å²) in [5.41, 5.74) is 4.80. The first-order valence-corrected chi connectivity index (χ1v) is 11.0. The number of aldehydes is 2. The van der Waals surface area contributed by atoms with Crippen molar-refractivity contribution in [2.75, 3.05) is 13.2 Å². The number of amides is 1. The van der Waals surface area contributed by atoms with Crippen molar-refractivity contribution >= 4 is 18.7 Å². The van der Waals surface area contributed by atoms with Gasteiger partial charge in [0, 0.05) is 29.2 Å². The zero-order valence-corrected chi connectivity index (χ0v) is 18.4. The summed E-state index contributed by atoms with van der Waals surface area (Å²) in [6.07, 6.45) is -2.35. The number of carbonyl (C=O) groups is 3. The molecule has 7 nitrogen and oxygen atoms in total. The van der Waals surface area contributed by atoms with Crippen LogP contribution in [0.2, 0.25) is 0 Å². The summed E-state index contributed by atoms with van der Waals surface area (Å²) in [5, 5.41) is 23.4. The van der Waals surface area contributed by atoms with Crippen LogP contribution in [0.3, 0.4) is 0 Å². The molecule has 1 aliphatic rings. The molecular formula is C27H25NO6. The van der Waals surface area contributed by atoms with Gasteiger partial charge >= 0.3 is 6.09 Å². The zero-order chi connectivity index (χ0) is 24.1. The van der Waals surface area contributed by atoms with Crippen molar-refractivity contribution in [3.05, 3.63) is 94.5 Å². The first-order valence-electron chi connectivity index (χ1n) is 11.0. The molecule has 174 valence electrons. The smallest absolute Gasteiger partial charge is 0.407 e. The van der Waals surface area contributed by atoms with Crippen molar-refractivity contribution in [1.29, 1.82) is 0 Å². The largest absolute Gasteiger partial charge is 0.449 e. The van der Waals surface area contributed by atoms with Gasteiger partial charge in [-0.3, -0.25) is 9.59 Å². The number of aliphatic hydroxyl groups is 2. The molecule has 3 N–H and O–H groups in total. The Morgan fingerprint density at radius 3 is 2.00 bits per heavy atom. The Kier molecular flexibility index (Phi) is 7.15. The second-order valence-corrected chi connectivity index (χ2v) is 8.14. The van der Waals surface area contributed by atoms with Gasteiger partial charge in [-0.05, 0) is 28.7 Å². The van der Waals surface area contributed by atoms with E-state index in [-0.39, 0.29) is 42.2 Å². The molecule has 1 aliphatic carbocycles. The van der Waals surface area contributed by atoms with Gasteiger partial charge in [-0.1, -0.05) is 66.7 Å². The third-order valence-electron chi connectivity index (χ3n) is 6.14. The highest BCUT2D eigenvalue weighted by Gasteiger charge is 2.29. The van der Waals surface area contributed by atoms with Gasteiger partial charge in [0.05, 0.1) is 6.10 Å². The molecule has 0 saturated carbocycles. The van der Waals surface area contributed by atoms with E-state index >= 15 is 0 Å². The van der Waals surface area contributed by atoms with E-state index in [1.807, 2.05) is 36.4 Å². The fraction of sp³-hybridized carbons (Fsp3) is 0.222. The molecule has 0 radical (unpaired) electrons. The van der Waals surface area contributed by atoms with E-state index in [2.05, 4.69) is 17.4 Å². The highest BCUT2D eigenvalue weighted by Crippen LogP contribution is 2.44. The lowest BCUT2D eigenvalue weighted by Crippen LogP contribution is -2.31. The van der Waals surface area contributed by atoms with Crippen LogP contribution in [0.4, 0.5) is 4.79 Å². The predicted molar refractivity (Wildman–Crippen MR) is 126 cm³/mol. The molecule has 0 bridgehead atoms. The number of rotatable bonds is 9. The molecule has 3 aromatic carbocycles. The minimum atomic E-state index is -1.45. The monoisotopic (exact) mass is 459 g/mol. The lowest BCUT2D eigenvalue weighted by molar-refractivity contribution is 0.0130. The van der Waals surface area contributed by atoms with Crippen molar-refractivity contribution in [2.45, 2.75) is 24.5 Å². The fourth-order valence-electron chi connectivity index (χ4n) is 4.47. The van der Waals surface area contributed by atoms with Crippen molar-refractivity contribution in [2.24, 2.45) is 0 Å². The lowest BCUT2D eigenvalue weighted by atomic mass is 9.93. The van der Waals surface area contributed by atoms with Crippen LogP contribution in [0, 0.1) is 0 Å². The molecule has 0 aliphatic heterocycles. The summed E-state index contributed by atoms with van der Waals surface area (Å²) < 4.78 is 5.45. The first-order chi connectivity index (χ1) is 16.5. The molecule has 7 heteroatoms. The summed E-state index contributed by atoms with van der Waals surface area (Å²) in [6.45, 7) is 0.203. The Morgan fingerprint density at radius 1 is 0.882 bits per heavy atom. The van der Waals surface area contributed by atoms with Gasteiger partial charge in [0.2, 0.25) is 0 Å². The maximum Gasteiger partial charge on any atom is 0.407 e. The molecule has 2 unspecified atom stereocenters. The van der Waals surface area contributed by atoms with Crippen LogP contribution in [0.15, 0.2) is 66.7 Å². The van der Waals surface area contributed by atoms with E-state index in [1.54, 1.807) is 0 Å². The van der Waals surface area contributed by atoms with Gasteiger partial charge in [0.15, 0.2) is 0 Å². The quantitative estimate of drug-likeness (QED) is 0.421. The minimum Gasteiger partial charge on any atom is -0.449 e. The van der Waals surface area contributed by atoms with Gasteiger partial charge in [0.25, 0.3) is 0 Å². The van der Waals surface area contributed by atoms with Crippen LogP contribution in [-0.4, -0.2) is 48.1 Å². The number of fused-ring (bicyclic) bond motifs is 3. The molecule has 1 amide bonds. The van der Waals surface area contributed by atoms with Gasteiger partial charge in [-0.2, -0.15) is 0 Å². The number of aliphatic hydroxyl groups excluding tert-OH is 2. The Labute approximate surface area is 197 Å². The van der Waals surface area contributed by atoms with Gasteiger partial charge in [0.1, 0.15) is 25.3 Å². The second-order valence-electron chi connectivity index (χ2n) is 8.14. The minimum absolute atomic E-state index is 0.00312. The Bertz CT molecular complexity index is 1140. The van der Waals surface area contributed by atoms with Crippen LogP contribution in [-0.2, 0) is 4.74 Å². The maximum absolute atomic E-state index is 12.3. The van der Waals surface area contributed by atoms with E-state index in [4.69, 9.17) is 4.74 Å². The molecular weight excluding hydrogens is 434 g/mol. The summed E-state index contributed by atoms with van der Waals surface area (Å²) in [4.78, 5) is 34.8. The Balaban J connectivity index is 1.32. The number of ether oxygens (including phenoxy) is 1. The van der Waals surface area contributed by atoms with E-state index in [9.17, 15) is 24.6 Å². The number of alkyl carbamates (subject to hydrolysis) is 1. The lowest BCUT2D eigenvalue weighted by Gasteiger charge is -2.21. The van der Waals surface area contributed by atoms with Crippen molar-refractivity contribution in [3.63, 3.8) is 0 Å². The molecule has 2 atom stereocenters. The van der Waals surface area contributed by atoms with E-state index in [1.165, 1.54) is 18.2 Å². The topological polar surface area (TPSA) is 113 Å². The molecule has 0 fully saturated rings. The van der Waals surface area contributed by atoms with Crippen LogP contribution < -0.4 is 5.32 Å². The predicted octanol–water partition coefficient (Wildman–Crippen LogP) is 3.63. The van der Waals surface area contributed by atoms with E-state index < -0.39 is 18.3 Å². The number of benzene rings is 3. The Hall–Kier alpha value is -3.81. The van der Waals surface area contributed by atoms with Crippen LogP contribution in [0.5, 0.6) is 0 Å². The molecule has 0 heterocycles. The van der Waals surface area contributed by atoms with E-state index in [0.29, 0.717) is 12.6 Å². The van der Waals surface area contributed by atoms with E-state index in [0.717, 1.165) is 22.3 Å². The summed E-state index contributed by atoms with van der Waals surface area (Å²) in [5.74, 6) is -0.0628. The number of hydrogen-bond acceptors (Lipinski definition) is 6. The highest BCUT2D eigenvalue weighted by atomic mass is 16.5. The summed E-state index contributed by atoms with van der Waals surface area (Å²) in [7, 11) is 0. The molecule has 34 heavy (non-hydrogen) atoms. The third-order valence-corrected chi connectivity index (χ3v) is 6.14. The Morgan fingerprint density at radius 2 is 1.44 bits per heavy atom. The number of nitrogens with one attached hydrogen (secondary N) is 1. The zero-order valence-electron chi connectivity index (χ0n) is 18.4. The number of hydrogen-bond donors (Lipinski definition) is 3. The summed E-state index contributed by atoms with van der Waals surface area (Å²) >= 11 is 0. The van der Waals surface area contributed by atoms with Crippen molar-refractivity contribution < 1.29 is 29.3 Å². The van der Waals surface area contributed by atoms with Crippen molar-refractivity contribution in [1.82, 2.24) is 5.32 Å². The standard InChI is InChI=1S/C27H25NO6/c29-14-17-6-5-7-18(15-30)25(17)26(32)24(31)12-13-28-27(33)34-16-23-21-10-3-1-8-19(21)20-9-2-4-11-22(20)23/h1-11,14-15,23-24,26,31-32H,12-13,16H2,(H,28,33). The first kappa shape index (κ1) is 23.4. The van der Waals surface area contributed by atoms with Crippen molar-refractivity contribution in [3.8, 4) is 11.1 Å². The SMILES string of the molecule is O=Cc1cccc(C=O)c1C(O)C(O)CCNC(=O)OCC1c2ccccc2-c2ccccc21. The third kappa shape index (κ3) is 4.62.